The van der Waals surface area contributed by atoms with Gasteiger partial charge in [-0.1, -0.05) is 0 Å². The van der Waals surface area contributed by atoms with Crippen molar-refractivity contribution < 1.29 is 31.7 Å². The van der Waals surface area contributed by atoms with Crippen LogP contribution in [0.5, 0.6) is 0 Å². The van der Waals surface area contributed by atoms with Crippen molar-refractivity contribution in [1.29, 1.82) is 0 Å². The van der Waals surface area contributed by atoms with Gasteiger partial charge in [0.2, 0.25) is 5.91 Å². The number of hydrogen-bond acceptors (Lipinski definition) is 3. The molecule has 0 spiro atoms. The van der Waals surface area contributed by atoms with Gasteiger partial charge in [-0.25, -0.2) is 17.6 Å². The van der Waals surface area contributed by atoms with E-state index in [-0.39, 0.29) is 11.0 Å². The Labute approximate surface area is 149 Å². The number of carbonyl (C=O) groups excluding carboxylic acids is 1. The molecular formula is C17H20BF4NO3. The number of alkyl halides is 2. The fourth-order valence-electron chi connectivity index (χ4n) is 2.85. The Bertz CT molecular complexity index is 730. The van der Waals surface area contributed by atoms with Gasteiger partial charge in [-0.2, -0.15) is 0 Å². The summed E-state index contributed by atoms with van der Waals surface area (Å²) in [5.74, 6) is -5.16. The Balaban J connectivity index is 1.76. The molecule has 2 aliphatic rings. The SMILES string of the molecule is CC1(C)OB(c2cc(F)c(CC(=O)N3CC(F)(F)C3)cc2F)OC1(C)C. The summed E-state index contributed by atoms with van der Waals surface area (Å²) >= 11 is 0. The number of rotatable bonds is 3. The Morgan fingerprint density at radius 3 is 2.12 bits per heavy atom. The van der Waals surface area contributed by atoms with Crippen molar-refractivity contribution in [3.63, 3.8) is 0 Å². The van der Waals surface area contributed by atoms with E-state index in [1.54, 1.807) is 27.7 Å². The average molecular weight is 373 g/mol. The molecule has 26 heavy (non-hydrogen) atoms. The highest BCUT2D eigenvalue weighted by Crippen LogP contribution is 2.36. The molecule has 0 radical (unpaired) electrons. The summed E-state index contributed by atoms with van der Waals surface area (Å²) in [6.07, 6.45) is -0.484. The van der Waals surface area contributed by atoms with Gasteiger partial charge in [0, 0.05) is 5.46 Å². The molecule has 9 heteroatoms. The molecule has 2 fully saturated rings. The summed E-state index contributed by atoms with van der Waals surface area (Å²) in [5.41, 5.74) is -1.72. The van der Waals surface area contributed by atoms with Gasteiger partial charge in [-0.3, -0.25) is 4.79 Å². The number of carbonyl (C=O) groups is 1. The molecule has 0 aliphatic carbocycles. The number of halogens is 4. The van der Waals surface area contributed by atoms with Crippen LogP contribution in [0.4, 0.5) is 17.6 Å². The monoisotopic (exact) mass is 373 g/mol. The second kappa shape index (κ2) is 5.95. The van der Waals surface area contributed by atoms with Gasteiger partial charge in [-0.05, 0) is 45.4 Å². The standard InChI is InChI=1S/C17H20BF4NO3/c1-15(2)16(3,4)26-18(25-15)11-7-12(19)10(5-13(11)20)6-14(24)23-8-17(21,22)9-23/h5,7H,6,8-9H2,1-4H3. The maximum absolute atomic E-state index is 14.5. The smallest absolute Gasteiger partial charge is 0.399 e. The van der Waals surface area contributed by atoms with Crippen LogP contribution < -0.4 is 5.46 Å². The zero-order chi connectivity index (χ0) is 19.5. The van der Waals surface area contributed by atoms with Crippen LogP contribution in [0.25, 0.3) is 0 Å². The predicted octanol–water partition coefficient (Wildman–Crippen LogP) is 2.28. The average Bonchev–Trinajstić information content (AvgIpc) is 2.68. The molecule has 1 amide bonds. The number of nitrogens with zero attached hydrogens (tertiary/aromatic N) is 1. The van der Waals surface area contributed by atoms with Crippen LogP contribution in [-0.2, 0) is 20.5 Å². The Morgan fingerprint density at radius 2 is 1.62 bits per heavy atom. The lowest BCUT2D eigenvalue weighted by Gasteiger charge is -2.38. The van der Waals surface area contributed by atoms with Crippen LogP contribution in [0.15, 0.2) is 12.1 Å². The molecule has 2 saturated heterocycles. The highest BCUT2D eigenvalue weighted by Gasteiger charge is 2.52. The zero-order valence-corrected chi connectivity index (χ0v) is 15.0. The van der Waals surface area contributed by atoms with Crippen molar-refractivity contribution in [2.24, 2.45) is 0 Å². The first-order chi connectivity index (χ1) is 11.8. The Morgan fingerprint density at radius 1 is 1.08 bits per heavy atom. The third-order valence-electron chi connectivity index (χ3n) is 5.21. The first-order valence-electron chi connectivity index (χ1n) is 8.30. The maximum Gasteiger partial charge on any atom is 0.497 e. The van der Waals surface area contributed by atoms with Crippen LogP contribution in [0.3, 0.4) is 0 Å². The molecule has 3 rings (SSSR count). The highest BCUT2D eigenvalue weighted by atomic mass is 19.3. The number of likely N-dealkylation sites (tertiary alicyclic amines) is 1. The van der Waals surface area contributed by atoms with Crippen molar-refractivity contribution in [2.45, 2.75) is 51.2 Å². The Hall–Kier alpha value is -1.61. The fraction of sp³-hybridized carbons (Fsp3) is 0.588. The van der Waals surface area contributed by atoms with Gasteiger partial charge in [-0.15, -0.1) is 0 Å². The van der Waals surface area contributed by atoms with Crippen molar-refractivity contribution in [3.05, 3.63) is 29.3 Å². The van der Waals surface area contributed by atoms with Gasteiger partial charge >= 0.3 is 7.12 Å². The molecule has 0 atom stereocenters. The molecule has 0 N–H and O–H groups in total. The van der Waals surface area contributed by atoms with Crippen molar-refractivity contribution in [3.8, 4) is 0 Å². The third-order valence-corrected chi connectivity index (χ3v) is 5.21. The molecule has 4 nitrogen and oxygen atoms in total. The minimum Gasteiger partial charge on any atom is -0.399 e. The molecule has 0 aromatic heterocycles. The normalized spacial score (nSPS) is 23.1. The first kappa shape index (κ1) is 19.2. The predicted molar refractivity (Wildman–Crippen MR) is 87.3 cm³/mol. The lowest BCUT2D eigenvalue weighted by Crippen LogP contribution is -2.58. The maximum atomic E-state index is 14.5. The van der Waals surface area contributed by atoms with Crippen LogP contribution in [0.1, 0.15) is 33.3 Å². The van der Waals surface area contributed by atoms with Crippen LogP contribution in [0.2, 0.25) is 0 Å². The molecule has 2 aliphatic heterocycles. The van der Waals surface area contributed by atoms with E-state index in [9.17, 15) is 22.4 Å². The summed E-state index contributed by atoms with van der Waals surface area (Å²) in [6.45, 7) is 5.77. The summed E-state index contributed by atoms with van der Waals surface area (Å²) in [6, 6.07) is 1.83. The minimum absolute atomic E-state index is 0.104. The second-order valence-corrected chi connectivity index (χ2v) is 7.84. The van der Waals surface area contributed by atoms with E-state index >= 15 is 0 Å². The minimum atomic E-state index is -2.90. The van der Waals surface area contributed by atoms with E-state index in [0.29, 0.717) is 0 Å². The van der Waals surface area contributed by atoms with E-state index in [4.69, 9.17) is 9.31 Å². The summed E-state index contributed by atoms with van der Waals surface area (Å²) in [7, 11) is -1.08. The van der Waals surface area contributed by atoms with E-state index in [1.165, 1.54) is 0 Å². The third kappa shape index (κ3) is 3.34. The quantitative estimate of drug-likeness (QED) is 0.603. The Kier molecular flexibility index (Phi) is 4.39. The summed E-state index contributed by atoms with van der Waals surface area (Å²) < 4.78 is 65.9. The summed E-state index contributed by atoms with van der Waals surface area (Å²) in [4.78, 5) is 12.8. The fourth-order valence-corrected chi connectivity index (χ4v) is 2.85. The van der Waals surface area contributed by atoms with Crippen molar-refractivity contribution in [1.82, 2.24) is 4.90 Å². The highest BCUT2D eigenvalue weighted by molar-refractivity contribution is 6.62. The number of hydrogen-bond donors (Lipinski definition) is 0. The molecule has 1 aromatic rings. The van der Waals surface area contributed by atoms with Crippen LogP contribution in [0, 0.1) is 11.6 Å². The van der Waals surface area contributed by atoms with E-state index < -0.39 is 61.3 Å². The zero-order valence-electron chi connectivity index (χ0n) is 15.0. The largest absolute Gasteiger partial charge is 0.497 e. The number of amides is 1. The van der Waals surface area contributed by atoms with E-state index in [2.05, 4.69) is 0 Å². The second-order valence-electron chi connectivity index (χ2n) is 7.84. The topological polar surface area (TPSA) is 38.8 Å². The molecular weight excluding hydrogens is 353 g/mol. The van der Waals surface area contributed by atoms with Crippen LogP contribution in [-0.4, -0.2) is 48.1 Å². The van der Waals surface area contributed by atoms with Gasteiger partial charge in [0.1, 0.15) is 11.6 Å². The molecule has 1 aromatic carbocycles. The van der Waals surface area contributed by atoms with Crippen LogP contribution >= 0.6 is 0 Å². The van der Waals surface area contributed by atoms with Gasteiger partial charge in [0.05, 0.1) is 30.7 Å². The molecule has 2 heterocycles. The van der Waals surface area contributed by atoms with Crippen molar-refractivity contribution in [2.75, 3.05) is 13.1 Å². The molecule has 0 unspecified atom stereocenters. The molecule has 0 saturated carbocycles. The van der Waals surface area contributed by atoms with Gasteiger partial charge < -0.3 is 14.2 Å². The van der Waals surface area contributed by atoms with E-state index in [1.807, 2.05) is 0 Å². The lowest BCUT2D eigenvalue weighted by atomic mass is 9.78. The van der Waals surface area contributed by atoms with Gasteiger partial charge in [0.15, 0.2) is 0 Å². The first-order valence-corrected chi connectivity index (χ1v) is 8.30. The van der Waals surface area contributed by atoms with Crippen molar-refractivity contribution >= 4 is 18.5 Å². The lowest BCUT2D eigenvalue weighted by molar-refractivity contribution is -0.165. The summed E-state index contributed by atoms with van der Waals surface area (Å²) in [5, 5.41) is 0. The van der Waals surface area contributed by atoms with E-state index in [0.717, 1.165) is 17.0 Å². The van der Waals surface area contributed by atoms with Gasteiger partial charge in [0.25, 0.3) is 5.92 Å². The molecule has 0 bridgehead atoms. The molecule has 142 valence electrons. The number of benzene rings is 1.